The molecule has 2 aliphatic heterocycles. The summed E-state index contributed by atoms with van der Waals surface area (Å²) < 4.78 is 32.8. The maximum absolute atomic E-state index is 5.77. The molecule has 0 N–H and O–H groups in total. The van der Waals surface area contributed by atoms with Crippen LogP contribution in [-0.2, 0) is 18.9 Å². The van der Waals surface area contributed by atoms with Crippen LogP contribution in [0.3, 0.4) is 0 Å². The second-order valence-electron chi connectivity index (χ2n) is 6.19. The predicted molar refractivity (Wildman–Crippen MR) is 87.7 cm³/mol. The maximum Gasteiger partial charge on any atom is 0.119 e. The average Bonchev–Trinajstić information content (AvgIpc) is 3.52. The lowest BCUT2D eigenvalue weighted by Gasteiger charge is -2.16. The van der Waals surface area contributed by atoms with E-state index in [4.69, 9.17) is 28.4 Å². The number of hydrogen-bond donors (Lipinski definition) is 0. The number of methoxy groups -OCH3 is 2. The summed E-state index contributed by atoms with van der Waals surface area (Å²) in [6, 6.07) is 7.62. The van der Waals surface area contributed by atoms with Gasteiger partial charge >= 0.3 is 0 Å². The van der Waals surface area contributed by atoms with Crippen LogP contribution < -0.4 is 9.47 Å². The minimum atomic E-state index is 0.0560. The zero-order chi connectivity index (χ0) is 16.8. The average molecular weight is 338 g/mol. The van der Waals surface area contributed by atoms with Gasteiger partial charge in [0.1, 0.15) is 24.7 Å². The van der Waals surface area contributed by atoms with E-state index in [9.17, 15) is 0 Å². The Morgan fingerprint density at radius 2 is 1.21 bits per heavy atom. The Balaban J connectivity index is 1.38. The zero-order valence-electron chi connectivity index (χ0n) is 14.3. The molecule has 2 fully saturated rings. The van der Waals surface area contributed by atoms with Gasteiger partial charge in [0.25, 0.3) is 0 Å². The fraction of sp³-hybridized carbons (Fsp3) is 0.667. The molecule has 24 heavy (non-hydrogen) atoms. The van der Waals surface area contributed by atoms with E-state index in [2.05, 4.69) is 0 Å². The highest BCUT2D eigenvalue weighted by Crippen LogP contribution is 2.22. The number of benzene rings is 1. The second-order valence-corrected chi connectivity index (χ2v) is 6.19. The summed E-state index contributed by atoms with van der Waals surface area (Å²) in [5.41, 5.74) is 0. The fourth-order valence-electron chi connectivity index (χ4n) is 2.47. The molecule has 0 aromatic heterocycles. The van der Waals surface area contributed by atoms with Crippen LogP contribution in [0, 0.1) is 0 Å². The van der Waals surface area contributed by atoms with Gasteiger partial charge in [-0.2, -0.15) is 0 Å². The molecule has 0 saturated carbocycles. The van der Waals surface area contributed by atoms with Gasteiger partial charge in [-0.15, -0.1) is 0 Å². The third kappa shape index (κ3) is 5.94. The van der Waals surface area contributed by atoms with Gasteiger partial charge in [0.2, 0.25) is 0 Å². The van der Waals surface area contributed by atoms with Gasteiger partial charge in [-0.05, 0) is 24.3 Å². The highest BCUT2D eigenvalue weighted by atomic mass is 16.6. The topological polar surface area (TPSA) is 62.0 Å². The van der Waals surface area contributed by atoms with Crippen LogP contribution in [0.1, 0.15) is 12.8 Å². The lowest BCUT2D eigenvalue weighted by Crippen LogP contribution is -2.22. The van der Waals surface area contributed by atoms with Gasteiger partial charge in [-0.1, -0.05) is 0 Å². The van der Waals surface area contributed by atoms with Crippen molar-refractivity contribution < 1.29 is 28.4 Å². The standard InChI is InChI=1S/C18H26O6/c1-19-15(7-17-11-23-17)9-21-13-3-5-14(6-4-13)22-10-16(20-2)8-18-12-24-18/h3-6,15-18H,7-12H2,1-2H3. The smallest absolute Gasteiger partial charge is 0.119 e. The van der Waals surface area contributed by atoms with E-state index in [0.29, 0.717) is 25.4 Å². The van der Waals surface area contributed by atoms with Gasteiger partial charge in [-0.3, -0.25) is 0 Å². The predicted octanol–water partition coefficient (Wildman–Crippen LogP) is 2.05. The Labute approximate surface area is 142 Å². The summed E-state index contributed by atoms with van der Waals surface area (Å²) in [7, 11) is 3.40. The molecule has 6 nitrogen and oxygen atoms in total. The molecule has 4 unspecified atom stereocenters. The Morgan fingerprint density at radius 3 is 1.50 bits per heavy atom. The lowest BCUT2D eigenvalue weighted by molar-refractivity contribution is 0.0454. The largest absolute Gasteiger partial charge is 0.491 e. The van der Waals surface area contributed by atoms with Gasteiger partial charge in [0.15, 0.2) is 0 Å². The first-order chi connectivity index (χ1) is 11.8. The molecule has 2 saturated heterocycles. The van der Waals surface area contributed by atoms with Crippen molar-refractivity contribution in [1.82, 2.24) is 0 Å². The molecule has 3 rings (SSSR count). The molecule has 134 valence electrons. The summed E-state index contributed by atoms with van der Waals surface area (Å²) in [6.07, 6.45) is 2.54. The molecular weight excluding hydrogens is 312 g/mol. The quantitative estimate of drug-likeness (QED) is 0.544. The van der Waals surface area contributed by atoms with Crippen LogP contribution in [0.5, 0.6) is 11.5 Å². The van der Waals surface area contributed by atoms with Crippen LogP contribution in [0.2, 0.25) is 0 Å². The van der Waals surface area contributed by atoms with E-state index in [1.165, 1.54) is 0 Å². The summed E-state index contributed by atoms with van der Waals surface area (Å²) in [5.74, 6) is 1.60. The Bertz CT molecular complexity index is 438. The van der Waals surface area contributed by atoms with Crippen molar-refractivity contribution in [2.75, 3.05) is 40.6 Å². The van der Waals surface area contributed by atoms with Crippen molar-refractivity contribution in [2.45, 2.75) is 37.3 Å². The monoisotopic (exact) mass is 338 g/mol. The summed E-state index contributed by atoms with van der Waals surface area (Å²) >= 11 is 0. The van der Waals surface area contributed by atoms with Crippen molar-refractivity contribution in [2.24, 2.45) is 0 Å². The summed E-state index contributed by atoms with van der Waals surface area (Å²) in [6.45, 7) is 2.70. The van der Waals surface area contributed by atoms with E-state index in [-0.39, 0.29) is 12.2 Å². The van der Waals surface area contributed by atoms with Crippen LogP contribution in [0.25, 0.3) is 0 Å². The number of epoxide rings is 2. The second kappa shape index (κ2) is 8.67. The molecule has 1 aromatic carbocycles. The zero-order valence-corrected chi connectivity index (χ0v) is 14.3. The minimum Gasteiger partial charge on any atom is -0.491 e. The van der Waals surface area contributed by atoms with E-state index in [1.807, 2.05) is 24.3 Å². The molecule has 4 atom stereocenters. The van der Waals surface area contributed by atoms with Gasteiger partial charge in [-0.25, -0.2) is 0 Å². The van der Waals surface area contributed by atoms with Crippen LogP contribution in [-0.4, -0.2) is 65.1 Å². The Hall–Kier alpha value is -1.34. The first-order valence-corrected chi connectivity index (χ1v) is 8.41. The highest BCUT2D eigenvalue weighted by Gasteiger charge is 2.27. The first-order valence-electron chi connectivity index (χ1n) is 8.41. The lowest BCUT2D eigenvalue weighted by atomic mass is 10.2. The molecule has 2 heterocycles. The Kier molecular flexibility index (Phi) is 6.31. The first kappa shape index (κ1) is 17.5. The molecule has 0 amide bonds. The molecule has 0 spiro atoms. The molecule has 1 aromatic rings. The van der Waals surface area contributed by atoms with E-state index >= 15 is 0 Å². The van der Waals surface area contributed by atoms with Gasteiger partial charge in [0, 0.05) is 27.1 Å². The van der Waals surface area contributed by atoms with Crippen molar-refractivity contribution in [1.29, 1.82) is 0 Å². The van der Waals surface area contributed by atoms with Crippen molar-refractivity contribution in [3.63, 3.8) is 0 Å². The van der Waals surface area contributed by atoms with E-state index < -0.39 is 0 Å². The van der Waals surface area contributed by atoms with E-state index in [1.54, 1.807) is 14.2 Å². The highest BCUT2D eigenvalue weighted by molar-refractivity contribution is 5.31. The fourth-order valence-corrected chi connectivity index (χ4v) is 2.47. The molecule has 0 aliphatic carbocycles. The minimum absolute atomic E-state index is 0.0560. The molecule has 2 aliphatic rings. The number of hydrogen-bond acceptors (Lipinski definition) is 6. The van der Waals surface area contributed by atoms with Gasteiger partial charge in [0.05, 0.1) is 37.6 Å². The van der Waals surface area contributed by atoms with Crippen LogP contribution in [0.4, 0.5) is 0 Å². The van der Waals surface area contributed by atoms with Gasteiger partial charge < -0.3 is 28.4 Å². The van der Waals surface area contributed by atoms with Crippen molar-refractivity contribution in [3.05, 3.63) is 24.3 Å². The SMILES string of the molecule is COC(COc1ccc(OCC(CC2CO2)OC)cc1)CC1CO1. The van der Waals surface area contributed by atoms with Crippen LogP contribution >= 0.6 is 0 Å². The summed E-state index contributed by atoms with van der Waals surface area (Å²) in [5, 5.41) is 0. The Morgan fingerprint density at radius 1 is 0.833 bits per heavy atom. The normalized spacial score (nSPS) is 24.2. The molecular formula is C18H26O6. The van der Waals surface area contributed by atoms with Crippen LogP contribution in [0.15, 0.2) is 24.3 Å². The third-order valence-electron chi connectivity index (χ3n) is 4.22. The third-order valence-corrected chi connectivity index (χ3v) is 4.22. The number of rotatable bonds is 12. The molecule has 6 heteroatoms. The van der Waals surface area contributed by atoms with Crippen molar-refractivity contribution in [3.8, 4) is 11.5 Å². The molecule has 0 bridgehead atoms. The summed E-state index contributed by atoms with van der Waals surface area (Å²) in [4.78, 5) is 0. The number of ether oxygens (including phenoxy) is 6. The molecule has 0 radical (unpaired) electrons. The maximum atomic E-state index is 5.77. The van der Waals surface area contributed by atoms with Crippen molar-refractivity contribution >= 4 is 0 Å². The van der Waals surface area contributed by atoms with E-state index in [0.717, 1.165) is 37.6 Å².